The minimum absolute atomic E-state index is 0. The van der Waals surface area contributed by atoms with Crippen LogP contribution in [0.4, 0.5) is 0 Å². The van der Waals surface area contributed by atoms with Crippen molar-refractivity contribution in [1.82, 2.24) is 0 Å². The second-order valence-corrected chi connectivity index (χ2v) is 0.726. The quantitative estimate of drug-likeness (QED) is 0.466. The molecule has 6 heavy (non-hydrogen) atoms. The minimum Gasteiger partial charge on any atom is -0.550 e. The van der Waals surface area contributed by atoms with Crippen LogP contribution in [0.1, 0.15) is 13.3 Å². The van der Waals surface area contributed by atoms with Gasteiger partial charge in [-0.3, -0.25) is 0 Å². The summed E-state index contributed by atoms with van der Waals surface area (Å²) >= 11 is 0. The predicted octanol–water partition coefficient (Wildman–Crippen LogP) is -0.856. The van der Waals surface area contributed by atoms with Crippen LogP contribution in [0.3, 0.4) is 0 Å². The molecule has 0 N–H and O–H groups in total. The van der Waals surface area contributed by atoms with Crippen LogP contribution in [0.2, 0.25) is 0 Å². The monoisotopic (exact) mass is 132 g/mol. The first-order chi connectivity index (χ1) is 2.27. The summed E-state index contributed by atoms with van der Waals surface area (Å²) in [5, 5.41) is 9.26. The van der Waals surface area contributed by atoms with Crippen LogP contribution in [0, 0.1) is 0 Å². The molecule has 0 aliphatic heterocycles. The van der Waals surface area contributed by atoms with Crippen molar-refractivity contribution in [2.75, 3.05) is 0 Å². The van der Waals surface area contributed by atoms with Crippen LogP contribution in [-0.2, 0) is 21.6 Å². The van der Waals surface area contributed by atoms with Gasteiger partial charge in [0.25, 0.3) is 0 Å². The fourth-order valence-corrected chi connectivity index (χ4v) is 0. The van der Waals surface area contributed by atoms with Crippen molar-refractivity contribution in [2.45, 2.75) is 13.3 Å². The molecule has 2 nitrogen and oxygen atoms in total. The molecule has 0 aliphatic carbocycles. The fourth-order valence-electron chi connectivity index (χ4n) is 0. The Morgan fingerprint density at radius 3 is 2.00 bits per heavy atom. The van der Waals surface area contributed by atoms with Crippen LogP contribution >= 0.6 is 0 Å². The molecule has 3 heteroatoms. The van der Waals surface area contributed by atoms with Crippen molar-refractivity contribution < 1.29 is 26.7 Å². The van der Waals surface area contributed by atoms with E-state index >= 15 is 0 Å². The van der Waals surface area contributed by atoms with E-state index in [1.54, 1.807) is 0 Å². The van der Waals surface area contributed by atoms with Crippen LogP contribution in [-0.4, -0.2) is 5.97 Å². The fraction of sp³-hybridized carbons (Fsp3) is 0.667. The number of carboxylic acid groups (broad SMARTS) is 1. The number of carboxylic acids is 1. The van der Waals surface area contributed by atoms with Gasteiger partial charge in [-0.15, -0.1) is 0 Å². The van der Waals surface area contributed by atoms with E-state index in [1.807, 2.05) is 0 Å². The largest absolute Gasteiger partial charge is 2.00 e. The van der Waals surface area contributed by atoms with Gasteiger partial charge in [0, 0.05) is 5.97 Å². The van der Waals surface area contributed by atoms with Crippen LogP contribution in [0.5, 0.6) is 0 Å². The third-order valence-electron chi connectivity index (χ3n) is 0.289. The Labute approximate surface area is 46.7 Å². The molecule has 37 valence electrons. The Hall–Kier alpha value is -0.0235. The molecule has 0 rings (SSSR count). The van der Waals surface area contributed by atoms with E-state index in [0.717, 1.165) is 0 Å². The standard InChI is InChI=1S/C3H6O2.Co/c1-2-3(4)5;/h2H2,1H3,(H,4,5);/q;+2/p-1. The minimum atomic E-state index is -0.995. The molecular weight excluding hydrogens is 127 g/mol. The molecular formula is C3H5CoO2+. The van der Waals surface area contributed by atoms with Gasteiger partial charge >= 0.3 is 16.8 Å². The number of hydrogen-bond donors (Lipinski definition) is 0. The van der Waals surface area contributed by atoms with Gasteiger partial charge in [-0.05, 0) is 6.42 Å². The second-order valence-electron chi connectivity index (χ2n) is 0.726. The predicted molar refractivity (Wildman–Crippen MR) is 15.3 cm³/mol. The van der Waals surface area contributed by atoms with Crippen molar-refractivity contribution in [2.24, 2.45) is 0 Å². The van der Waals surface area contributed by atoms with E-state index in [-0.39, 0.29) is 23.2 Å². The van der Waals surface area contributed by atoms with Crippen LogP contribution < -0.4 is 5.11 Å². The number of hydrogen-bond acceptors (Lipinski definition) is 2. The van der Waals surface area contributed by atoms with Crippen molar-refractivity contribution in [1.29, 1.82) is 0 Å². The van der Waals surface area contributed by atoms with Gasteiger partial charge in [0.15, 0.2) is 0 Å². The van der Waals surface area contributed by atoms with Gasteiger partial charge in [0.2, 0.25) is 0 Å². The zero-order valence-electron chi connectivity index (χ0n) is 3.36. The number of rotatable bonds is 1. The Kier molecular flexibility index (Phi) is 7.76. The Bertz CT molecular complexity index is 44.1. The zero-order valence-corrected chi connectivity index (χ0v) is 4.40. The molecule has 0 aliphatic rings. The maximum atomic E-state index is 9.26. The third-order valence-corrected chi connectivity index (χ3v) is 0.289. The van der Waals surface area contributed by atoms with E-state index in [1.165, 1.54) is 6.92 Å². The Morgan fingerprint density at radius 1 is 1.83 bits per heavy atom. The number of aliphatic carboxylic acids is 1. The van der Waals surface area contributed by atoms with Gasteiger partial charge in [0.1, 0.15) is 0 Å². The summed E-state index contributed by atoms with van der Waals surface area (Å²) < 4.78 is 0. The molecule has 0 heterocycles. The maximum Gasteiger partial charge on any atom is 2.00 e. The molecule has 0 unspecified atom stereocenters. The second kappa shape index (κ2) is 4.98. The first kappa shape index (κ1) is 9.36. The molecule has 1 radical (unpaired) electrons. The SMILES string of the molecule is CCC(=O)[O-].[Co+2]. The van der Waals surface area contributed by atoms with E-state index in [0.29, 0.717) is 0 Å². The molecule has 0 aromatic rings. The van der Waals surface area contributed by atoms with Crippen LogP contribution in [0.15, 0.2) is 0 Å². The summed E-state index contributed by atoms with van der Waals surface area (Å²) in [6.45, 7) is 1.54. The molecule has 0 saturated heterocycles. The average Bonchev–Trinajstić information content (AvgIpc) is 1.38. The third kappa shape index (κ3) is 9.02. The molecule has 0 bridgehead atoms. The smallest absolute Gasteiger partial charge is 0.550 e. The first-order valence-corrected chi connectivity index (χ1v) is 1.47. The number of carbonyl (C=O) groups excluding carboxylic acids is 1. The molecule has 0 aromatic heterocycles. The van der Waals surface area contributed by atoms with Gasteiger partial charge < -0.3 is 9.90 Å². The topological polar surface area (TPSA) is 40.1 Å². The van der Waals surface area contributed by atoms with Crippen molar-refractivity contribution >= 4 is 5.97 Å². The van der Waals surface area contributed by atoms with Crippen molar-refractivity contribution in [3.05, 3.63) is 0 Å². The van der Waals surface area contributed by atoms with Crippen molar-refractivity contribution in [3.8, 4) is 0 Å². The molecule has 0 spiro atoms. The molecule has 0 amide bonds. The molecule has 0 fully saturated rings. The summed E-state index contributed by atoms with van der Waals surface area (Å²) in [5.74, 6) is -0.995. The zero-order chi connectivity index (χ0) is 4.28. The van der Waals surface area contributed by atoms with E-state index < -0.39 is 5.97 Å². The summed E-state index contributed by atoms with van der Waals surface area (Å²) in [7, 11) is 0. The number of carbonyl (C=O) groups is 1. The summed E-state index contributed by atoms with van der Waals surface area (Å²) in [6, 6.07) is 0. The Morgan fingerprint density at radius 2 is 2.00 bits per heavy atom. The van der Waals surface area contributed by atoms with Crippen LogP contribution in [0.25, 0.3) is 0 Å². The first-order valence-electron chi connectivity index (χ1n) is 1.47. The van der Waals surface area contributed by atoms with E-state index in [2.05, 4.69) is 0 Å². The van der Waals surface area contributed by atoms with Gasteiger partial charge in [0.05, 0.1) is 0 Å². The maximum absolute atomic E-state index is 9.26. The average molecular weight is 132 g/mol. The van der Waals surface area contributed by atoms with Gasteiger partial charge in [-0.2, -0.15) is 0 Å². The van der Waals surface area contributed by atoms with Gasteiger partial charge in [-0.1, -0.05) is 6.92 Å². The normalized spacial score (nSPS) is 6.17. The van der Waals surface area contributed by atoms with E-state index in [9.17, 15) is 9.90 Å². The summed E-state index contributed by atoms with van der Waals surface area (Å²) in [4.78, 5) is 9.26. The molecule has 0 saturated carbocycles. The Balaban J connectivity index is 0. The summed E-state index contributed by atoms with van der Waals surface area (Å²) in [6.07, 6.45) is 0.111. The van der Waals surface area contributed by atoms with E-state index in [4.69, 9.17) is 0 Å². The molecule has 0 aromatic carbocycles. The van der Waals surface area contributed by atoms with Gasteiger partial charge in [-0.25, -0.2) is 0 Å². The summed E-state index contributed by atoms with van der Waals surface area (Å²) in [5.41, 5.74) is 0. The molecule has 0 atom stereocenters. The van der Waals surface area contributed by atoms with Crippen molar-refractivity contribution in [3.63, 3.8) is 0 Å².